The second-order valence-electron chi connectivity index (χ2n) is 10.0. The molecule has 2 heterocycles. The number of aliphatic hydroxyl groups excluding tert-OH is 1. The number of likely N-dealkylation sites (N-methyl/N-ethyl adjacent to an activating group) is 1. The van der Waals surface area contributed by atoms with Crippen LogP contribution in [0.25, 0.3) is 0 Å². The fourth-order valence-electron chi connectivity index (χ4n) is 4.75. The molecule has 1 aromatic heterocycles. The number of rotatable bonds is 9. The Morgan fingerprint density at radius 2 is 1.95 bits per heavy atom. The van der Waals surface area contributed by atoms with Crippen molar-refractivity contribution < 1.29 is 24.2 Å². The number of pyridine rings is 1. The number of carbonyl (C=O) groups excluding carboxylic acids is 2. The quantitative estimate of drug-likeness (QED) is 0.433. The number of aliphatic hydroxyl groups is 1. The van der Waals surface area contributed by atoms with Crippen LogP contribution in [0.4, 0.5) is 5.69 Å². The number of nitrogens with zero attached hydrogens (tertiary/aromatic N) is 3. The summed E-state index contributed by atoms with van der Waals surface area (Å²) in [5.74, 6) is 0.486. The first-order valence-electron chi connectivity index (χ1n) is 13.1. The van der Waals surface area contributed by atoms with E-state index in [9.17, 15) is 14.7 Å². The number of fused-ring (bicyclic) bond motifs is 1. The van der Waals surface area contributed by atoms with Crippen molar-refractivity contribution in [2.75, 3.05) is 39.2 Å². The van der Waals surface area contributed by atoms with Crippen molar-refractivity contribution in [3.8, 4) is 11.5 Å². The molecule has 39 heavy (non-hydrogen) atoms. The van der Waals surface area contributed by atoms with E-state index in [1.807, 2.05) is 45.2 Å². The van der Waals surface area contributed by atoms with Gasteiger partial charge in [0.15, 0.2) is 5.75 Å². The third-order valence-corrected chi connectivity index (χ3v) is 7.01. The van der Waals surface area contributed by atoms with Crippen molar-refractivity contribution in [3.05, 3.63) is 83.7 Å². The number of carbonyl (C=O) groups is 2. The zero-order valence-electron chi connectivity index (χ0n) is 22.8. The van der Waals surface area contributed by atoms with Gasteiger partial charge in [0.05, 0.1) is 31.0 Å². The SMILES string of the molecule is COc1ccccc1CN(C)C[C@H]1Oc2c(NC(=O)c3ccncc3)cccc2C(=O)N([C@@H](C)CO)C[C@@H]1C. The van der Waals surface area contributed by atoms with E-state index >= 15 is 0 Å². The van der Waals surface area contributed by atoms with Gasteiger partial charge in [0.25, 0.3) is 11.8 Å². The van der Waals surface area contributed by atoms with Crippen molar-refractivity contribution in [3.63, 3.8) is 0 Å². The Bertz CT molecular complexity index is 1290. The Morgan fingerprint density at radius 1 is 1.21 bits per heavy atom. The molecule has 1 aliphatic heterocycles. The molecule has 4 rings (SSSR count). The number of nitrogens with one attached hydrogen (secondary N) is 1. The highest BCUT2D eigenvalue weighted by Crippen LogP contribution is 2.35. The lowest BCUT2D eigenvalue weighted by atomic mass is 9.98. The molecule has 0 bridgehead atoms. The first-order valence-corrected chi connectivity index (χ1v) is 13.1. The van der Waals surface area contributed by atoms with Crippen LogP contribution in [0.2, 0.25) is 0 Å². The largest absolute Gasteiger partial charge is 0.496 e. The number of ether oxygens (including phenoxy) is 2. The Hall–Kier alpha value is -3.95. The molecular weight excluding hydrogens is 496 g/mol. The fourth-order valence-corrected chi connectivity index (χ4v) is 4.75. The van der Waals surface area contributed by atoms with E-state index in [2.05, 4.69) is 15.2 Å². The molecule has 0 saturated heterocycles. The molecule has 9 heteroatoms. The number of aromatic nitrogens is 1. The maximum absolute atomic E-state index is 13.7. The molecule has 2 amide bonds. The van der Waals surface area contributed by atoms with Gasteiger partial charge in [-0.25, -0.2) is 0 Å². The molecule has 2 aromatic carbocycles. The summed E-state index contributed by atoms with van der Waals surface area (Å²) in [6, 6.07) is 15.9. The molecule has 1 aliphatic rings. The van der Waals surface area contributed by atoms with E-state index in [0.717, 1.165) is 11.3 Å². The standard InChI is InChI=1S/C30H36N4O5/c1-20-16-34(21(2)19-35)30(37)24-9-7-10-25(32-29(36)22-12-14-31-15-13-22)28(24)39-27(20)18-33(3)17-23-8-5-6-11-26(23)38-4/h5-15,20-21,27,35H,16-19H2,1-4H3,(H,32,36)/t20-,21-,27+/m0/s1. The predicted octanol–water partition coefficient (Wildman–Crippen LogP) is 3.69. The van der Waals surface area contributed by atoms with Crippen LogP contribution in [-0.4, -0.2) is 77.7 Å². The van der Waals surface area contributed by atoms with E-state index in [0.29, 0.717) is 42.2 Å². The lowest BCUT2D eigenvalue weighted by molar-refractivity contribution is 0.0342. The fraction of sp³-hybridized carbons (Fsp3) is 0.367. The summed E-state index contributed by atoms with van der Waals surface area (Å²) in [6.45, 7) is 5.31. The second kappa shape index (κ2) is 12.7. The van der Waals surface area contributed by atoms with Gasteiger partial charge in [-0.1, -0.05) is 31.2 Å². The van der Waals surface area contributed by atoms with E-state index in [1.54, 1.807) is 54.7 Å². The van der Waals surface area contributed by atoms with E-state index in [1.165, 1.54) is 0 Å². The van der Waals surface area contributed by atoms with Crippen molar-refractivity contribution >= 4 is 17.5 Å². The number of anilines is 1. The lowest BCUT2D eigenvalue weighted by Gasteiger charge is -2.38. The lowest BCUT2D eigenvalue weighted by Crippen LogP contribution is -2.49. The molecule has 0 fully saturated rings. The van der Waals surface area contributed by atoms with E-state index in [-0.39, 0.29) is 36.5 Å². The average Bonchev–Trinajstić information content (AvgIpc) is 2.95. The van der Waals surface area contributed by atoms with Gasteiger partial charge in [0.2, 0.25) is 0 Å². The van der Waals surface area contributed by atoms with Gasteiger partial charge in [-0.05, 0) is 44.3 Å². The third-order valence-electron chi connectivity index (χ3n) is 7.01. The maximum atomic E-state index is 13.7. The number of para-hydroxylation sites is 2. The summed E-state index contributed by atoms with van der Waals surface area (Å²) in [4.78, 5) is 34.5. The Labute approximate surface area is 229 Å². The van der Waals surface area contributed by atoms with Crippen molar-refractivity contribution in [1.82, 2.24) is 14.8 Å². The van der Waals surface area contributed by atoms with Crippen molar-refractivity contribution in [1.29, 1.82) is 0 Å². The molecule has 0 radical (unpaired) electrons. The van der Waals surface area contributed by atoms with Crippen LogP contribution in [0.5, 0.6) is 11.5 Å². The van der Waals surface area contributed by atoms with Crippen LogP contribution in [0.15, 0.2) is 67.0 Å². The first-order chi connectivity index (χ1) is 18.8. The Morgan fingerprint density at radius 3 is 2.67 bits per heavy atom. The van der Waals surface area contributed by atoms with Gasteiger partial charge in [-0.3, -0.25) is 19.5 Å². The number of hydrogen-bond donors (Lipinski definition) is 2. The van der Waals surface area contributed by atoms with Gasteiger partial charge in [-0.2, -0.15) is 0 Å². The van der Waals surface area contributed by atoms with Crippen LogP contribution in [-0.2, 0) is 6.54 Å². The molecule has 206 valence electrons. The molecule has 3 atom stereocenters. The summed E-state index contributed by atoms with van der Waals surface area (Å²) in [7, 11) is 3.67. The average molecular weight is 533 g/mol. The van der Waals surface area contributed by atoms with Crippen LogP contribution >= 0.6 is 0 Å². The number of benzene rings is 2. The molecule has 2 N–H and O–H groups in total. The summed E-state index contributed by atoms with van der Waals surface area (Å²) in [5, 5.41) is 12.8. The smallest absolute Gasteiger partial charge is 0.258 e. The van der Waals surface area contributed by atoms with E-state index < -0.39 is 0 Å². The monoisotopic (exact) mass is 532 g/mol. The minimum atomic E-state index is -0.382. The molecule has 9 nitrogen and oxygen atoms in total. The van der Waals surface area contributed by atoms with E-state index in [4.69, 9.17) is 9.47 Å². The highest BCUT2D eigenvalue weighted by atomic mass is 16.5. The minimum Gasteiger partial charge on any atom is -0.496 e. The zero-order valence-corrected chi connectivity index (χ0v) is 22.8. The van der Waals surface area contributed by atoms with Gasteiger partial charge in [0, 0.05) is 49.1 Å². The Kier molecular flexibility index (Phi) is 9.16. The summed E-state index contributed by atoms with van der Waals surface area (Å²) in [6.07, 6.45) is 2.78. The molecule has 3 aromatic rings. The Balaban J connectivity index is 1.67. The second-order valence-corrected chi connectivity index (χ2v) is 10.0. The van der Waals surface area contributed by atoms with Crippen LogP contribution in [0.3, 0.4) is 0 Å². The molecular formula is C30H36N4O5. The van der Waals surface area contributed by atoms with Gasteiger partial charge < -0.3 is 24.8 Å². The highest BCUT2D eigenvalue weighted by Gasteiger charge is 2.34. The molecule has 0 saturated carbocycles. The molecule has 0 spiro atoms. The van der Waals surface area contributed by atoms with Crippen molar-refractivity contribution in [2.24, 2.45) is 5.92 Å². The number of amides is 2. The third kappa shape index (κ3) is 6.55. The number of methoxy groups -OCH3 is 1. The minimum absolute atomic E-state index is 0.0693. The van der Waals surface area contributed by atoms with Crippen LogP contribution in [0, 0.1) is 5.92 Å². The normalized spacial score (nSPS) is 18.0. The number of hydrogen-bond acceptors (Lipinski definition) is 7. The highest BCUT2D eigenvalue weighted by molar-refractivity contribution is 6.07. The molecule has 0 aliphatic carbocycles. The first kappa shape index (κ1) is 28.1. The summed E-state index contributed by atoms with van der Waals surface area (Å²) < 4.78 is 12.1. The predicted molar refractivity (Wildman–Crippen MR) is 149 cm³/mol. The zero-order chi connectivity index (χ0) is 27.9. The van der Waals surface area contributed by atoms with Crippen LogP contribution in [0.1, 0.15) is 40.1 Å². The summed E-state index contributed by atoms with van der Waals surface area (Å²) >= 11 is 0. The molecule has 0 unspecified atom stereocenters. The van der Waals surface area contributed by atoms with Gasteiger partial charge in [-0.15, -0.1) is 0 Å². The van der Waals surface area contributed by atoms with Crippen molar-refractivity contribution in [2.45, 2.75) is 32.5 Å². The maximum Gasteiger partial charge on any atom is 0.258 e. The topological polar surface area (TPSA) is 104 Å². The van der Waals surface area contributed by atoms with Crippen LogP contribution < -0.4 is 14.8 Å². The van der Waals surface area contributed by atoms with Gasteiger partial charge >= 0.3 is 0 Å². The summed E-state index contributed by atoms with van der Waals surface area (Å²) in [5.41, 5.74) is 2.24. The van der Waals surface area contributed by atoms with Gasteiger partial charge in [0.1, 0.15) is 11.9 Å².